The van der Waals surface area contributed by atoms with Crippen molar-refractivity contribution >= 4 is 6.09 Å². The molecule has 1 aromatic carbocycles. The van der Waals surface area contributed by atoms with Crippen molar-refractivity contribution in [2.24, 2.45) is 0 Å². The Morgan fingerprint density at radius 2 is 2.05 bits per heavy atom. The maximum absolute atomic E-state index is 12.1. The number of rotatable bonds is 2. The van der Waals surface area contributed by atoms with Crippen molar-refractivity contribution in [2.45, 2.75) is 44.0 Å². The predicted molar refractivity (Wildman–Crippen MR) is 81.4 cm³/mol. The zero-order valence-corrected chi connectivity index (χ0v) is 12.7. The highest BCUT2D eigenvalue weighted by Gasteiger charge is 2.44. The standard InChI is InChI=1S/C17H23NO4/c19-15-7-4-12-22-17(15)8-10-18(11-9-17)16(20)21-13-14-5-2-1-3-6-14/h1-3,5-6,15,19H,4,7-13H2. The highest BCUT2D eigenvalue weighted by molar-refractivity contribution is 5.67. The number of nitrogens with zero attached hydrogens (tertiary/aromatic N) is 1. The number of aliphatic hydroxyl groups excluding tert-OH is 1. The highest BCUT2D eigenvalue weighted by Crippen LogP contribution is 2.35. The van der Waals surface area contributed by atoms with Gasteiger partial charge >= 0.3 is 6.09 Å². The first kappa shape index (κ1) is 15.3. The second kappa shape index (κ2) is 6.67. The molecule has 0 aliphatic carbocycles. The number of likely N-dealkylation sites (tertiary alicyclic amines) is 1. The summed E-state index contributed by atoms with van der Waals surface area (Å²) >= 11 is 0. The van der Waals surface area contributed by atoms with Crippen molar-refractivity contribution in [3.63, 3.8) is 0 Å². The van der Waals surface area contributed by atoms with Gasteiger partial charge in [0.25, 0.3) is 0 Å². The van der Waals surface area contributed by atoms with Crippen LogP contribution in [0.5, 0.6) is 0 Å². The quantitative estimate of drug-likeness (QED) is 0.911. The molecular formula is C17H23NO4. The fourth-order valence-corrected chi connectivity index (χ4v) is 3.27. The molecule has 120 valence electrons. The molecule has 2 fully saturated rings. The number of hydrogen-bond acceptors (Lipinski definition) is 4. The third kappa shape index (κ3) is 3.25. The molecule has 2 saturated heterocycles. The predicted octanol–water partition coefficient (Wildman–Crippen LogP) is 2.33. The summed E-state index contributed by atoms with van der Waals surface area (Å²) in [5.74, 6) is 0. The SMILES string of the molecule is O=C(OCc1ccccc1)N1CCC2(CC1)OCCCC2O. The molecule has 1 aromatic rings. The lowest BCUT2D eigenvalue weighted by Gasteiger charge is -2.46. The Morgan fingerprint density at radius 3 is 2.73 bits per heavy atom. The summed E-state index contributed by atoms with van der Waals surface area (Å²) < 4.78 is 11.2. The Kier molecular flexibility index (Phi) is 4.64. The molecule has 0 bridgehead atoms. The van der Waals surface area contributed by atoms with Gasteiger partial charge in [0.05, 0.1) is 11.7 Å². The van der Waals surface area contributed by atoms with Crippen molar-refractivity contribution in [1.82, 2.24) is 4.90 Å². The number of aliphatic hydroxyl groups is 1. The Morgan fingerprint density at radius 1 is 1.32 bits per heavy atom. The summed E-state index contributed by atoms with van der Waals surface area (Å²) in [6, 6.07) is 9.66. The molecule has 5 heteroatoms. The van der Waals surface area contributed by atoms with Crippen LogP contribution in [0.15, 0.2) is 30.3 Å². The van der Waals surface area contributed by atoms with Gasteiger partial charge in [-0.05, 0) is 31.2 Å². The Labute approximate surface area is 130 Å². The van der Waals surface area contributed by atoms with E-state index in [1.165, 1.54) is 0 Å². The summed E-state index contributed by atoms with van der Waals surface area (Å²) in [5.41, 5.74) is 0.532. The van der Waals surface area contributed by atoms with Crippen LogP contribution >= 0.6 is 0 Å². The zero-order valence-electron chi connectivity index (χ0n) is 12.7. The lowest BCUT2D eigenvalue weighted by Crippen LogP contribution is -2.56. The molecule has 22 heavy (non-hydrogen) atoms. The average molecular weight is 305 g/mol. The molecule has 2 aliphatic heterocycles. The number of ether oxygens (including phenoxy) is 2. The summed E-state index contributed by atoms with van der Waals surface area (Å²) in [7, 11) is 0. The van der Waals surface area contributed by atoms with E-state index in [9.17, 15) is 9.90 Å². The number of carbonyl (C=O) groups is 1. The van der Waals surface area contributed by atoms with Crippen LogP contribution < -0.4 is 0 Å². The summed E-state index contributed by atoms with van der Waals surface area (Å²) in [6.45, 7) is 2.14. The lowest BCUT2D eigenvalue weighted by molar-refractivity contribution is -0.174. The van der Waals surface area contributed by atoms with Crippen LogP contribution in [-0.4, -0.2) is 47.5 Å². The van der Waals surface area contributed by atoms with Crippen molar-refractivity contribution in [1.29, 1.82) is 0 Å². The minimum atomic E-state index is -0.450. The molecule has 1 unspecified atom stereocenters. The van der Waals surface area contributed by atoms with Gasteiger partial charge in [0.2, 0.25) is 0 Å². The smallest absolute Gasteiger partial charge is 0.410 e. The van der Waals surface area contributed by atoms with E-state index in [-0.39, 0.29) is 6.09 Å². The number of benzene rings is 1. The van der Waals surface area contributed by atoms with Gasteiger partial charge in [-0.3, -0.25) is 0 Å². The molecule has 1 N–H and O–H groups in total. The van der Waals surface area contributed by atoms with Crippen molar-refractivity contribution < 1.29 is 19.4 Å². The fraction of sp³-hybridized carbons (Fsp3) is 0.588. The first-order valence-electron chi connectivity index (χ1n) is 7.97. The van der Waals surface area contributed by atoms with Crippen molar-refractivity contribution in [3.05, 3.63) is 35.9 Å². The topological polar surface area (TPSA) is 59.0 Å². The molecule has 5 nitrogen and oxygen atoms in total. The van der Waals surface area contributed by atoms with Gasteiger partial charge in [-0.25, -0.2) is 4.79 Å². The summed E-state index contributed by atoms with van der Waals surface area (Å²) in [4.78, 5) is 13.8. The second-order valence-corrected chi connectivity index (χ2v) is 6.10. The maximum atomic E-state index is 12.1. The van der Waals surface area contributed by atoms with Crippen LogP contribution in [0.3, 0.4) is 0 Å². The van der Waals surface area contributed by atoms with E-state index in [1.54, 1.807) is 4.90 Å². The average Bonchev–Trinajstić information content (AvgIpc) is 2.57. The van der Waals surface area contributed by atoms with Crippen LogP contribution in [0.2, 0.25) is 0 Å². The number of piperidine rings is 1. The molecule has 0 saturated carbocycles. The van der Waals surface area contributed by atoms with Gasteiger partial charge in [-0.15, -0.1) is 0 Å². The Bertz CT molecular complexity index is 497. The van der Waals surface area contributed by atoms with Gasteiger partial charge in [0, 0.05) is 19.7 Å². The molecule has 2 heterocycles. The van der Waals surface area contributed by atoms with Crippen LogP contribution in [0, 0.1) is 0 Å². The number of amides is 1. The second-order valence-electron chi connectivity index (χ2n) is 6.10. The fourth-order valence-electron chi connectivity index (χ4n) is 3.27. The zero-order chi connectivity index (χ0) is 15.4. The van der Waals surface area contributed by atoms with E-state index >= 15 is 0 Å². The first-order valence-corrected chi connectivity index (χ1v) is 7.97. The Hall–Kier alpha value is -1.59. The van der Waals surface area contributed by atoms with Gasteiger partial charge in [-0.2, -0.15) is 0 Å². The van der Waals surface area contributed by atoms with E-state index < -0.39 is 11.7 Å². The van der Waals surface area contributed by atoms with Crippen molar-refractivity contribution in [2.75, 3.05) is 19.7 Å². The summed E-state index contributed by atoms with van der Waals surface area (Å²) in [6.07, 6.45) is 2.35. The van der Waals surface area contributed by atoms with Crippen LogP contribution in [-0.2, 0) is 16.1 Å². The molecule has 0 aromatic heterocycles. The normalized spacial score (nSPS) is 24.2. The van der Waals surface area contributed by atoms with E-state index in [4.69, 9.17) is 9.47 Å². The van der Waals surface area contributed by atoms with E-state index in [0.29, 0.717) is 39.1 Å². The maximum Gasteiger partial charge on any atom is 0.410 e. The molecule has 1 spiro atoms. The molecule has 3 rings (SSSR count). The van der Waals surface area contributed by atoms with Gasteiger partial charge in [0.15, 0.2) is 0 Å². The number of carbonyl (C=O) groups excluding carboxylic acids is 1. The summed E-state index contributed by atoms with van der Waals surface area (Å²) in [5, 5.41) is 10.2. The van der Waals surface area contributed by atoms with Crippen molar-refractivity contribution in [3.8, 4) is 0 Å². The van der Waals surface area contributed by atoms with Gasteiger partial charge < -0.3 is 19.5 Å². The minimum Gasteiger partial charge on any atom is -0.445 e. The molecule has 2 aliphatic rings. The van der Waals surface area contributed by atoms with Crippen LogP contribution in [0.1, 0.15) is 31.2 Å². The van der Waals surface area contributed by atoms with E-state index in [2.05, 4.69) is 0 Å². The largest absolute Gasteiger partial charge is 0.445 e. The third-order valence-corrected chi connectivity index (χ3v) is 4.69. The molecule has 0 radical (unpaired) electrons. The molecular weight excluding hydrogens is 282 g/mol. The Balaban J connectivity index is 1.49. The van der Waals surface area contributed by atoms with Gasteiger partial charge in [-0.1, -0.05) is 30.3 Å². The lowest BCUT2D eigenvalue weighted by atomic mass is 9.82. The van der Waals surface area contributed by atoms with E-state index in [0.717, 1.165) is 18.4 Å². The third-order valence-electron chi connectivity index (χ3n) is 4.69. The van der Waals surface area contributed by atoms with E-state index in [1.807, 2.05) is 30.3 Å². The van der Waals surface area contributed by atoms with Gasteiger partial charge in [0.1, 0.15) is 6.61 Å². The molecule has 1 atom stereocenters. The van der Waals surface area contributed by atoms with Crippen LogP contribution in [0.25, 0.3) is 0 Å². The highest BCUT2D eigenvalue weighted by atomic mass is 16.6. The van der Waals surface area contributed by atoms with Crippen LogP contribution in [0.4, 0.5) is 4.79 Å². The minimum absolute atomic E-state index is 0.288. The molecule has 1 amide bonds. The monoisotopic (exact) mass is 305 g/mol. The number of hydrogen-bond donors (Lipinski definition) is 1. The first-order chi connectivity index (χ1) is 10.7.